The van der Waals surface area contributed by atoms with Crippen molar-refractivity contribution >= 4 is 47.3 Å². The van der Waals surface area contributed by atoms with Gasteiger partial charge in [-0.25, -0.2) is 4.79 Å². The molecule has 0 saturated carbocycles. The van der Waals surface area contributed by atoms with Crippen molar-refractivity contribution in [2.45, 2.75) is 213 Å². The lowest BCUT2D eigenvalue weighted by molar-refractivity contribution is -0.146. The van der Waals surface area contributed by atoms with Crippen LogP contribution in [-0.4, -0.2) is 113 Å². The van der Waals surface area contributed by atoms with Crippen molar-refractivity contribution in [3.8, 4) is 0 Å². The third-order valence-electron chi connectivity index (χ3n) is 11.2. The molecule has 0 aliphatic carbocycles. The molecule has 8 N–H and O–H groups in total. The van der Waals surface area contributed by atoms with Crippen molar-refractivity contribution in [3.63, 3.8) is 0 Å². The van der Waals surface area contributed by atoms with E-state index in [4.69, 9.17) is 10.5 Å². The van der Waals surface area contributed by atoms with Gasteiger partial charge in [0.1, 0.15) is 35.7 Å². The Kier molecular flexibility index (Phi) is 26.3. The highest BCUT2D eigenvalue weighted by molar-refractivity contribution is 5.98. The first kappa shape index (κ1) is 56.7. The Morgan fingerprint density at radius 2 is 1.21 bits per heavy atom. The molecule has 7 amide bonds. The summed E-state index contributed by atoms with van der Waals surface area (Å²) in [6.45, 7) is 15.9. The lowest BCUT2D eigenvalue weighted by Gasteiger charge is -2.34. The number of nitrogens with zero attached hydrogens (tertiary/aromatic N) is 1. The number of aliphatic hydroxyl groups excluding tert-OH is 1. The molecule has 1 saturated heterocycles. The number of β-amino-alcohol motifs (C(OH)–C–C–N with tert-alkyl or cyclic N) is 1. The number of rotatable bonds is 31. The molecule has 0 unspecified atom stereocenters. The highest BCUT2D eigenvalue weighted by Crippen LogP contribution is 2.23. The summed E-state index contributed by atoms with van der Waals surface area (Å²) in [5, 5.41) is 24.1. The van der Waals surface area contributed by atoms with E-state index in [9.17, 15) is 43.5 Å². The van der Waals surface area contributed by atoms with Gasteiger partial charge in [0.15, 0.2) is 0 Å². The van der Waals surface area contributed by atoms with Crippen LogP contribution < -0.4 is 32.3 Å². The maximum Gasteiger partial charge on any atom is 0.328 e. The number of unbranched alkanes of at least 4 members (excludes halogenated alkanes) is 10. The number of nitrogens with two attached hydrogens (primary N) is 1. The Morgan fingerprint density at radius 1 is 0.698 bits per heavy atom. The Labute approximate surface area is 376 Å². The number of primary amides is 1. The first-order valence-electron chi connectivity index (χ1n) is 23.4. The van der Waals surface area contributed by atoms with Crippen LogP contribution in [0.15, 0.2) is 0 Å². The molecule has 17 nitrogen and oxygen atoms in total. The number of methoxy groups -OCH3 is 1. The van der Waals surface area contributed by atoms with E-state index in [0.29, 0.717) is 6.42 Å². The normalized spacial score (nSPS) is 17.1. The molecule has 1 aliphatic heterocycles. The minimum absolute atomic E-state index is 0.00322. The number of hydrogen-bond donors (Lipinski definition) is 7. The number of nitrogens with one attached hydrogen (secondary N) is 5. The smallest absolute Gasteiger partial charge is 0.328 e. The highest BCUT2D eigenvalue weighted by atomic mass is 16.5. The van der Waals surface area contributed by atoms with E-state index in [1.165, 1.54) is 57.0 Å². The second-order valence-corrected chi connectivity index (χ2v) is 19.0. The summed E-state index contributed by atoms with van der Waals surface area (Å²) < 4.78 is 4.84. The van der Waals surface area contributed by atoms with E-state index in [1.807, 2.05) is 27.7 Å². The number of aliphatic hydroxyl groups is 1. The maximum atomic E-state index is 13.9. The number of hydrogen-bond acceptors (Lipinski definition) is 10. The van der Waals surface area contributed by atoms with Crippen molar-refractivity contribution in [3.05, 3.63) is 0 Å². The van der Waals surface area contributed by atoms with Crippen LogP contribution in [0.2, 0.25) is 0 Å². The Balaban J connectivity index is 3.04. The fourth-order valence-electron chi connectivity index (χ4n) is 7.74. The summed E-state index contributed by atoms with van der Waals surface area (Å²) in [6.07, 6.45) is 11.7. The van der Waals surface area contributed by atoms with Gasteiger partial charge in [0.05, 0.1) is 13.2 Å². The summed E-state index contributed by atoms with van der Waals surface area (Å²) in [6, 6.07) is -5.83. The largest absolute Gasteiger partial charge is 0.467 e. The van der Waals surface area contributed by atoms with Gasteiger partial charge < -0.3 is 47.1 Å². The van der Waals surface area contributed by atoms with Crippen molar-refractivity contribution < 1.29 is 48.2 Å². The van der Waals surface area contributed by atoms with Gasteiger partial charge in [0.25, 0.3) is 0 Å². The number of esters is 1. The van der Waals surface area contributed by atoms with E-state index in [-0.39, 0.29) is 62.8 Å². The molecule has 362 valence electrons. The van der Waals surface area contributed by atoms with Gasteiger partial charge in [-0.2, -0.15) is 0 Å². The van der Waals surface area contributed by atoms with Crippen LogP contribution in [0.5, 0.6) is 0 Å². The van der Waals surface area contributed by atoms with E-state index >= 15 is 0 Å². The summed E-state index contributed by atoms with van der Waals surface area (Å²) in [7, 11) is 1.19. The quantitative estimate of drug-likeness (QED) is 0.0393. The molecule has 0 aromatic carbocycles. The summed E-state index contributed by atoms with van der Waals surface area (Å²) in [5.41, 5.74) is 3.97. The predicted molar refractivity (Wildman–Crippen MR) is 241 cm³/mol. The minimum atomic E-state index is -1.38. The maximum absolute atomic E-state index is 13.9. The van der Waals surface area contributed by atoms with Crippen LogP contribution in [0.3, 0.4) is 0 Å². The third-order valence-corrected chi connectivity index (χ3v) is 11.2. The lowest BCUT2D eigenvalue weighted by Crippen LogP contribution is -2.61. The van der Waals surface area contributed by atoms with Crippen molar-refractivity contribution in [1.29, 1.82) is 0 Å². The molecular formula is C46H83N7O10. The van der Waals surface area contributed by atoms with Crippen molar-refractivity contribution in [1.82, 2.24) is 31.5 Å². The topological polar surface area (TPSA) is 255 Å². The van der Waals surface area contributed by atoms with Crippen LogP contribution >= 0.6 is 0 Å². The molecule has 63 heavy (non-hydrogen) atoms. The molecule has 0 aromatic rings. The van der Waals surface area contributed by atoms with Crippen LogP contribution in [-0.2, 0) is 43.1 Å². The predicted octanol–water partition coefficient (Wildman–Crippen LogP) is 3.67. The standard InChI is InChI=1S/C46H83N7O10/c1-11-12-13-14-15-16-17-18-19-20-21-22-38(56)52-46(8,9)45(62)53-28-32(54)27-36(53)42(59)49-34(25-29(2)3)41(58)51-39(31(6)7)43(60)48-33(23-24-37(47)55)40(57)50-35(26-30(4)5)44(61)63-10/h29-36,39,54H,11-28H2,1-10H3,(H2,47,55)(H,48,60)(H,49,59)(H,50,57)(H,51,58)(H,52,56)/t32-,33-,34-,35-,36-,39-/m0/s1. The summed E-state index contributed by atoms with van der Waals surface area (Å²) in [4.78, 5) is 107. The molecule has 6 atom stereocenters. The Morgan fingerprint density at radius 3 is 1.71 bits per heavy atom. The molecule has 0 radical (unpaired) electrons. The zero-order chi connectivity index (χ0) is 47.9. The molecular weight excluding hydrogens is 811 g/mol. The SMILES string of the molecule is CCCCCCCCCCCCCC(=O)NC(C)(C)C(=O)N1C[C@@H](O)C[C@H]1C(=O)N[C@@H](CC(C)C)C(=O)N[C@H](C(=O)N[C@@H](CCC(N)=O)C(=O)N[C@@H](CC(C)C)C(=O)OC)C(C)C. The van der Waals surface area contributed by atoms with E-state index in [0.717, 1.165) is 19.3 Å². The van der Waals surface area contributed by atoms with Crippen molar-refractivity contribution in [2.24, 2.45) is 23.5 Å². The van der Waals surface area contributed by atoms with Crippen LogP contribution in [0.4, 0.5) is 0 Å². The first-order valence-corrected chi connectivity index (χ1v) is 23.4. The third kappa shape index (κ3) is 21.8. The fourth-order valence-corrected chi connectivity index (χ4v) is 7.74. The second kappa shape index (κ2) is 29.2. The van der Waals surface area contributed by atoms with Crippen LogP contribution in [0.25, 0.3) is 0 Å². The zero-order valence-corrected chi connectivity index (χ0v) is 40.1. The van der Waals surface area contributed by atoms with Gasteiger partial charge in [-0.05, 0) is 57.3 Å². The Bertz CT molecular complexity index is 1490. The first-order chi connectivity index (χ1) is 29.5. The number of ether oxygens (including phenoxy) is 1. The molecule has 17 heteroatoms. The van der Waals surface area contributed by atoms with Gasteiger partial charge >= 0.3 is 5.97 Å². The number of likely N-dealkylation sites (tertiary alicyclic amines) is 1. The van der Waals surface area contributed by atoms with Gasteiger partial charge in [-0.15, -0.1) is 0 Å². The van der Waals surface area contributed by atoms with Gasteiger partial charge in [-0.1, -0.05) is 113 Å². The monoisotopic (exact) mass is 894 g/mol. The highest BCUT2D eigenvalue weighted by Gasteiger charge is 2.45. The molecule has 1 aliphatic rings. The van der Waals surface area contributed by atoms with Gasteiger partial charge in [0.2, 0.25) is 41.4 Å². The average molecular weight is 894 g/mol. The Hall–Kier alpha value is -4.28. The molecule has 0 spiro atoms. The summed E-state index contributed by atoms with van der Waals surface area (Å²) in [5.74, 6) is -5.72. The van der Waals surface area contributed by atoms with Crippen LogP contribution in [0.1, 0.15) is 171 Å². The number of amides is 7. The van der Waals surface area contributed by atoms with Gasteiger partial charge in [0, 0.05) is 25.8 Å². The van der Waals surface area contributed by atoms with Crippen molar-refractivity contribution in [2.75, 3.05) is 13.7 Å². The van der Waals surface area contributed by atoms with E-state index < -0.39 is 89.2 Å². The average Bonchev–Trinajstić information content (AvgIpc) is 3.59. The second-order valence-electron chi connectivity index (χ2n) is 19.0. The fraction of sp³-hybridized carbons (Fsp3) is 0.826. The van der Waals surface area contributed by atoms with Crippen LogP contribution in [0, 0.1) is 17.8 Å². The molecule has 0 bridgehead atoms. The molecule has 1 heterocycles. The lowest BCUT2D eigenvalue weighted by atomic mass is 9.98. The van der Waals surface area contributed by atoms with E-state index in [1.54, 1.807) is 27.7 Å². The summed E-state index contributed by atoms with van der Waals surface area (Å²) >= 11 is 0. The number of carbonyl (C=O) groups excluding carboxylic acids is 8. The zero-order valence-electron chi connectivity index (χ0n) is 40.1. The molecule has 1 fully saturated rings. The molecule has 1 rings (SSSR count). The molecule has 0 aromatic heterocycles. The van der Waals surface area contributed by atoms with Gasteiger partial charge in [-0.3, -0.25) is 33.6 Å². The van der Waals surface area contributed by atoms with E-state index in [2.05, 4.69) is 33.5 Å². The number of carbonyl (C=O) groups is 8. The minimum Gasteiger partial charge on any atom is -0.467 e.